The number of carbonyl (C=O) groups excluding carboxylic acids is 1. The van der Waals surface area contributed by atoms with E-state index in [2.05, 4.69) is 25.7 Å². The van der Waals surface area contributed by atoms with Gasteiger partial charge in [-0.15, -0.1) is 0 Å². The van der Waals surface area contributed by atoms with Gasteiger partial charge in [-0.1, -0.05) is 12.8 Å². The van der Waals surface area contributed by atoms with Gasteiger partial charge in [-0.25, -0.2) is 14.5 Å². The predicted octanol–water partition coefficient (Wildman–Crippen LogP) is 1.02. The number of nitrogens with zero attached hydrogens (tertiary/aromatic N) is 3. The van der Waals surface area contributed by atoms with E-state index in [9.17, 15) is 9.59 Å². The minimum atomic E-state index is -0.419. The molecule has 0 aromatic carbocycles. The molecule has 0 spiro atoms. The van der Waals surface area contributed by atoms with E-state index in [1.54, 1.807) is 18.5 Å². The second-order valence-corrected chi connectivity index (χ2v) is 4.98. The first-order valence-corrected chi connectivity index (χ1v) is 6.89. The van der Waals surface area contributed by atoms with Crippen LogP contribution in [0.3, 0.4) is 0 Å². The van der Waals surface area contributed by atoms with Crippen molar-refractivity contribution in [3.63, 3.8) is 0 Å². The van der Waals surface area contributed by atoms with Gasteiger partial charge in [-0.2, -0.15) is 5.10 Å². The molecule has 3 rings (SSSR count). The van der Waals surface area contributed by atoms with Crippen LogP contribution in [0.15, 0.2) is 29.5 Å². The second-order valence-electron chi connectivity index (χ2n) is 4.98. The van der Waals surface area contributed by atoms with Crippen LogP contribution >= 0.6 is 0 Å². The topological polar surface area (TPSA) is 105 Å². The molecule has 2 heterocycles. The molecule has 1 saturated carbocycles. The Balaban J connectivity index is 1.68. The van der Waals surface area contributed by atoms with Crippen molar-refractivity contribution in [2.75, 3.05) is 5.32 Å². The molecule has 8 nitrogen and oxygen atoms in total. The fraction of sp³-hybridized carbons (Fsp3) is 0.385. The zero-order valence-corrected chi connectivity index (χ0v) is 11.4. The minimum Gasteiger partial charge on any atom is -0.335 e. The van der Waals surface area contributed by atoms with Crippen molar-refractivity contribution in [1.82, 2.24) is 25.1 Å². The number of aromatic amines is 1. The van der Waals surface area contributed by atoms with Crippen LogP contribution in [-0.4, -0.2) is 31.8 Å². The summed E-state index contributed by atoms with van der Waals surface area (Å²) >= 11 is 0. The normalized spacial score (nSPS) is 15.0. The number of rotatable bonds is 3. The molecule has 0 bridgehead atoms. The van der Waals surface area contributed by atoms with Gasteiger partial charge in [-0.3, -0.25) is 9.78 Å². The average molecular weight is 288 g/mol. The molecule has 0 atom stereocenters. The first-order chi connectivity index (χ1) is 10.2. The van der Waals surface area contributed by atoms with Crippen LogP contribution in [0.5, 0.6) is 0 Å². The van der Waals surface area contributed by atoms with E-state index in [0.717, 1.165) is 25.7 Å². The van der Waals surface area contributed by atoms with Crippen molar-refractivity contribution in [3.05, 3.63) is 35.0 Å². The Morgan fingerprint density at radius 3 is 2.86 bits per heavy atom. The number of amides is 2. The number of nitrogens with one attached hydrogen (secondary N) is 3. The van der Waals surface area contributed by atoms with Gasteiger partial charge in [0.1, 0.15) is 5.69 Å². The van der Waals surface area contributed by atoms with Gasteiger partial charge in [0.2, 0.25) is 5.95 Å². The van der Waals surface area contributed by atoms with Gasteiger partial charge in [-0.05, 0) is 18.9 Å². The van der Waals surface area contributed by atoms with Crippen molar-refractivity contribution in [2.45, 2.75) is 31.7 Å². The van der Waals surface area contributed by atoms with Crippen LogP contribution in [0.25, 0.3) is 5.95 Å². The van der Waals surface area contributed by atoms with Crippen molar-refractivity contribution < 1.29 is 4.79 Å². The van der Waals surface area contributed by atoms with E-state index in [4.69, 9.17) is 0 Å². The number of anilines is 1. The second kappa shape index (κ2) is 5.78. The third-order valence-corrected chi connectivity index (χ3v) is 3.45. The summed E-state index contributed by atoms with van der Waals surface area (Å²) in [6.07, 6.45) is 8.81. The van der Waals surface area contributed by atoms with Gasteiger partial charge in [0, 0.05) is 18.4 Å². The zero-order valence-electron chi connectivity index (χ0n) is 11.4. The summed E-state index contributed by atoms with van der Waals surface area (Å²) in [7, 11) is 0. The summed E-state index contributed by atoms with van der Waals surface area (Å²) in [5, 5.41) is 9.34. The maximum absolute atomic E-state index is 11.9. The molecule has 1 aliphatic rings. The third kappa shape index (κ3) is 3.10. The molecule has 0 unspecified atom stereocenters. The van der Waals surface area contributed by atoms with Gasteiger partial charge in [0.05, 0.1) is 6.20 Å². The molecule has 3 N–H and O–H groups in total. The predicted molar refractivity (Wildman–Crippen MR) is 76.4 cm³/mol. The molecule has 2 aromatic rings. The molecular weight excluding hydrogens is 272 g/mol. The highest BCUT2D eigenvalue weighted by atomic mass is 16.2. The molecular formula is C13H16N6O2. The summed E-state index contributed by atoms with van der Waals surface area (Å²) in [4.78, 5) is 30.4. The lowest BCUT2D eigenvalue weighted by Crippen LogP contribution is -2.37. The van der Waals surface area contributed by atoms with Crippen LogP contribution < -0.4 is 16.2 Å². The van der Waals surface area contributed by atoms with E-state index in [1.807, 2.05) is 0 Å². The van der Waals surface area contributed by atoms with Crippen LogP contribution in [-0.2, 0) is 0 Å². The summed E-state index contributed by atoms with van der Waals surface area (Å²) < 4.78 is 1.43. The summed E-state index contributed by atoms with van der Waals surface area (Å²) in [5.41, 5.74) is -0.307. The van der Waals surface area contributed by atoms with Gasteiger partial charge in [0.15, 0.2) is 0 Å². The fourth-order valence-corrected chi connectivity index (χ4v) is 2.40. The number of aromatic nitrogens is 4. The van der Waals surface area contributed by atoms with Gasteiger partial charge in [0.25, 0.3) is 5.56 Å². The van der Waals surface area contributed by atoms with E-state index in [1.165, 1.54) is 10.9 Å². The summed E-state index contributed by atoms with van der Waals surface area (Å²) in [5.74, 6) is 0.298. The average Bonchev–Trinajstić information content (AvgIpc) is 3.13. The molecule has 1 fully saturated rings. The van der Waals surface area contributed by atoms with Crippen LogP contribution in [0, 0.1) is 0 Å². The molecule has 0 radical (unpaired) electrons. The smallest absolute Gasteiger partial charge is 0.319 e. The van der Waals surface area contributed by atoms with E-state index in [-0.39, 0.29) is 17.8 Å². The van der Waals surface area contributed by atoms with Crippen LogP contribution in [0.2, 0.25) is 0 Å². The lowest BCUT2D eigenvalue weighted by atomic mass is 10.2. The van der Waals surface area contributed by atoms with Crippen molar-refractivity contribution in [1.29, 1.82) is 0 Å². The Kier molecular flexibility index (Phi) is 3.67. The van der Waals surface area contributed by atoms with Crippen molar-refractivity contribution in [2.24, 2.45) is 0 Å². The maximum Gasteiger partial charge on any atom is 0.319 e. The molecule has 8 heteroatoms. The van der Waals surface area contributed by atoms with E-state index < -0.39 is 5.56 Å². The Hall–Kier alpha value is -2.64. The molecule has 0 saturated heterocycles. The van der Waals surface area contributed by atoms with E-state index in [0.29, 0.717) is 5.95 Å². The molecule has 0 aliphatic heterocycles. The number of urea groups is 1. The lowest BCUT2D eigenvalue weighted by Gasteiger charge is -2.12. The van der Waals surface area contributed by atoms with Crippen molar-refractivity contribution in [3.8, 4) is 5.95 Å². The Morgan fingerprint density at radius 2 is 2.19 bits per heavy atom. The fourth-order valence-electron chi connectivity index (χ4n) is 2.40. The van der Waals surface area contributed by atoms with Gasteiger partial charge < -0.3 is 10.6 Å². The largest absolute Gasteiger partial charge is 0.335 e. The first kappa shape index (κ1) is 13.3. The third-order valence-electron chi connectivity index (χ3n) is 3.45. The monoisotopic (exact) mass is 288 g/mol. The van der Waals surface area contributed by atoms with Gasteiger partial charge >= 0.3 is 6.03 Å². The van der Waals surface area contributed by atoms with Crippen LogP contribution in [0.4, 0.5) is 10.5 Å². The Labute approximate surface area is 120 Å². The Bertz CT molecular complexity index is 672. The van der Waals surface area contributed by atoms with Crippen LogP contribution in [0.1, 0.15) is 25.7 Å². The molecule has 2 amide bonds. The summed E-state index contributed by atoms with van der Waals surface area (Å²) in [6, 6.07) is 1.54. The molecule has 1 aliphatic carbocycles. The zero-order chi connectivity index (χ0) is 14.7. The SMILES string of the molecule is O=C(Nc1cnc(-n2cccn2)[nH]c1=O)NC1CCCC1. The quantitative estimate of drug-likeness (QED) is 0.784. The number of H-pyrrole nitrogens is 1. The van der Waals surface area contributed by atoms with Crippen molar-refractivity contribution >= 4 is 11.7 Å². The van der Waals surface area contributed by atoms with E-state index >= 15 is 0 Å². The number of carbonyl (C=O) groups is 1. The first-order valence-electron chi connectivity index (χ1n) is 6.89. The Morgan fingerprint density at radius 1 is 1.38 bits per heavy atom. The number of hydrogen-bond acceptors (Lipinski definition) is 4. The molecule has 2 aromatic heterocycles. The highest BCUT2D eigenvalue weighted by molar-refractivity contribution is 5.89. The summed E-state index contributed by atoms with van der Waals surface area (Å²) in [6.45, 7) is 0. The highest BCUT2D eigenvalue weighted by Gasteiger charge is 2.17. The minimum absolute atomic E-state index is 0.112. The lowest BCUT2D eigenvalue weighted by molar-refractivity contribution is 0.248. The molecule has 110 valence electrons. The highest BCUT2D eigenvalue weighted by Crippen LogP contribution is 2.17. The number of hydrogen-bond donors (Lipinski definition) is 3. The maximum atomic E-state index is 11.9. The standard InChI is InChI=1S/C13H16N6O2/c20-11-10(17-13(21)16-9-4-1-2-5-9)8-14-12(18-11)19-7-3-6-15-19/h3,6-9H,1-2,4-5H2,(H,14,18,20)(H2,16,17,21). The molecule has 21 heavy (non-hydrogen) atoms.